The van der Waals surface area contributed by atoms with Crippen molar-refractivity contribution in [1.82, 2.24) is 14.8 Å². The van der Waals surface area contributed by atoms with Gasteiger partial charge in [0.15, 0.2) is 0 Å². The first-order valence-electron chi connectivity index (χ1n) is 7.77. The molecule has 1 amide bonds. The van der Waals surface area contributed by atoms with E-state index < -0.39 is 0 Å². The summed E-state index contributed by atoms with van der Waals surface area (Å²) >= 11 is 3.98. The molecule has 3 rings (SSSR count). The average Bonchev–Trinajstić information content (AvgIpc) is 3.09. The Labute approximate surface area is 144 Å². The van der Waals surface area contributed by atoms with Crippen LogP contribution in [-0.2, 0) is 11.3 Å². The lowest BCUT2D eigenvalue weighted by molar-refractivity contribution is -0.116. The average molecular weight is 348 g/mol. The van der Waals surface area contributed by atoms with Gasteiger partial charge in [0.2, 0.25) is 5.91 Å². The molecule has 0 saturated carbocycles. The highest BCUT2D eigenvalue weighted by Gasteiger charge is 2.16. The molecule has 0 radical (unpaired) electrons. The molecular weight excluding hydrogens is 328 g/mol. The largest absolute Gasteiger partial charge is 0.326 e. The van der Waals surface area contributed by atoms with Crippen LogP contribution in [0.1, 0.15) is 29.4 Å². The van der Waals surface area contributed by atoms with Gasteiger partial charge in [0.05, 0.1) is 4.58 Å². The van der Waals surface area contributed by atoms with E-state index in [1.165, 1.54) is 29.8 Å². The Kier molecular flexibility index (Phi) is 5.99. The number of thioether (sulfide) groups is 2. The fourth-order valence-corrected chi connectivity index (χ4v) is 5.29. The Morgan fingerprint density at radius 1 is 1.35 bits per heavy atom. The maximum absolute atomic E-state index is 12.1. The molecule has 5 nitrogen and oxygen atoms in total. The number of aryl methyl sites for hydroxylation is 1. The summed E-state index contributed by atoms with van der Waals surface area (Å²) in [5.74, 6) is 2.48. The molecule has 1 saturated heterocycles. The van der Waals surface area contributed by atoms with E-state index in [9.17, 15) is 4.79 Å². The van der Waals surface area contributed by atoms with Crippen LogP contribution in [0.25, 0.3) is 0 Å². The summed E-state index contributed by atoms with van der Waals surface area (Å²) in [6, 6.07) is 8.23. The molecule has 0 unspecified atom stereocenters. The Morgan fingerprint density at radius 3 is 3.00 bits per heavy atom. The SMILES string of the molecule is O=C(CCCn1cncn1)Nc1cccc(C2SCCCS2)c1. The van der Waals surface area contributed by atoms with Gasteiger partial charge in [-0.2, -0.15) is 5.10 Å². The third-order valence-corrected chi connectivity index (χ3v) is 6.54. The Morgan fingerprint density at radius 2 is 2.22 bits per heavy atom. The number of hydrogen-bond acceptors (Lipinski definition) is 5. The van der Waals surface area contributed by atoms with Crippen molar-refractivity contribution in [1.29, 1.82) is 0 Å². The van der Waals surface area contributed by atoms with Gasteiger partial charge < -0.3 is 5.32 Å². The maximum atomic E-state index is 12.1. The standard InChI is InChI=1S/C16H20N4OS2/c21-15(6-2-7-20-12-17-11-18-20)19-14-5-1-4-13(10-14)16-22-8-3-9-23-16/h1,4-5,10-12,16H,2-3,6-9H2,(H,19,21). The van der Waals surface area contributed by atoms with Crippen LogP contribution in [0.3, 0.4) is 0 Å². The van der Waals surface area contributed by atoms with Crippen LogP contribution in [0, 0.1) is 0 Å². The summed E-state index contributed by atoms with van der Waals surface area (Å²) in [5.41, 5.74) is 2.18. The molecule has 0 bridgehead atoms. The zero-order valence-corrected chi connectivity index (χ0v) is 14.5. The molecule has 0 aliphatic carbocycles. The lowest BCUT2D eigenvalue weighted by atomic mass is 10.2. The zero-order valence-electron chi connectivity index (χ0n) is 12.9. The molecule has 1 aliphatic heterocycles. The van der Waals surface area contributed by atoms with Crippen LogP contribution < -0.4 is 5.32 Å². The monoisotopic (exact) mass is 348 g/mol. The topological polar surface area (TPSA) is 59.8 Å². The van der Waals surface area contributed by atoms with Gasteiger partial charge in [-0.3, -0.25) is 9.48 Å². The zero-order chi connectivity index (χ0) is 15.9. The number of carbonyl (C=O) groups excluding carboxylic acids is 1. The second-order valence-electron chi connectivity index (χ2n) is 5.36. The minimum Gasteiger partial charge on any atom is -0.326 e. The van der Waals surface area contributed by atoms with Gasteiger partial charge in [-0.05, 0) is 42.0 Å². The van der Waals surface area contributed by atoms with Gasteiger partial charge in [-0.25, -0.2) is 4.98 Å². The van der Waals surface area contributed by atoms with Crippen molar-refractivity contribution in [3.63, 3.8) is 0 Å². The molecule has 2 aromatic rings. The number of carbonyl (C=O) groups is 1. The van der Waals surface area contributed by atoms with E-state index in [2.05, 4.69) is 27.5 Å². The first-order valence-corrected chi connectivity index (χ1v) is 9.86. The highest BCUT2D eigenvalue weighted by molar-refractivity contribution is 8.16. The number of nitrogens with one attached hydrogen (secondary N) is 1. The van der Waals surface area contributed by atoms with Gasteiger partial charge in [0, 0.05) is 18.7 Å². The van der Waals surface area contributed by atoms with Gasteiger partial charge >= 0.3 is 0 Å². The van der Waals surface area contributed by atoms with Crippen LogP contribution in [0.15, 0.2) is 36.9 Å². The molecule has 1 N–H and O–H groups in total. The first kappa shape index (κ1) is 16.4. The second kappa shape index (κ2) is 8.40. The maximum Gasteiger partial charge on any atom is 0.224 e. The van der Waals surface area contributed by atoms with Gasteiger partial charge in [-0.1, -0.05) is 12.1 Å². The third-order valence-electron chi connectivity index (χ3n) is 3.53. The number of anilines is 1. The summed E-state index contributed by atoms with van der Waals surface area (Å²) in [6.07, 6.45) is 5.70. The van der Waals surface area contributed by atoms with Gasteiger partial charge in [-0.15, -0.1) is 23.5 Å². The minimum absolute atomic E-state index is 0.0474. The highest BCUT2D eigenvalue weighted by atomic mass is 32.2. The van der Waals surface area contributed by atoms with Crippen molar-refractivity contribution in [2.75, 3.05) is 16.8 Å². The van der Waals surface area contributed by atoms with Crippen LogP contribution >= 0.6 is 23.5 Å². The minimum atomic E-state index is 0.0474. The molecule has 0 atom stereocenters. The summed E-state index contributed by atoms with van der Waals surface area (Å²) in [5, 5.41) is 7.03. The molecule has 1 aromatic carbocycles. The second-order valence-corrected chi connectivity index (χ2v) is 8.09. The molecular formula is C16H20N4OS2. The lowest BCUT2D eigenvalue weighted by Gasteiger charge is -2.21. The highest BCUT2D eigenvalue weighted by Crippen LogP contribution is 2.43. The molecule has 1 aromatic heterocycles. The van der Waals surface area contributed by atoms with E-state index in [1.807, 2.05) is 35.7 Å². The summed E-state index contributed by atoms with van der Waals surface area (Å²) in [4.78, 5) is 16.0. The van der Waals surface area contributed by atoms with Crippen molar-refractivity contribution in [3.8, 4) is 0 Å². The molecule has 23 heavy (non-hydrogen) atoms. The van der Waals surface area contributed by atoms with Crippen molar-refractivity contribution in [3.05, 3.63) is 42.5 Å². The fourth-order valence-electron chi connectivity index (χ4n) is 2.42. The van der Waals surface area contributed by atoms with Crippen molar-refractivity contribution in [2.45, 2.75) is 30.4 Å². The predicted molar refractivity (Wildman–Crippen MR) is 96.6 cm³/mol. The quantitative estimate of drug-likeness (QED) is 0.865. The number of amides is 1. The normalized spacial score (nSPS) is 15.5. The van der Waals surface area contributed by atoms with Crippen molar-refractivity contribution in [2.24, 2.45) is 0 Å². The Balaban J connectivity index is 1.49. The van der Waals surface area contributed by atoms with Crippen LogP contribution in [0.5, 0.6) is 0 Å². The van der Waals surface area contributed by atoms with E-state index in [0.29, 0.717) is 17.5 Å². The third kappa shape index (κ3) is 5.00. The van der Waals surface area contributed by atoms with E-state index in [4.69, 9.17) is 0 Å². The van der Waals surface area contributed by atoms with Crippen LogP contribution in [0.2, 0.25) is 0 Å². The number of nitrogens with zero attached hydrogens (tertiary/aromatic N) is 3. The van der Waals surface area contributed by atoms with Gasteiger partial charge in [0.25, 0.3) is 0 Å². The molecule has 7 heteroatoms. The number of benzene rings is 1. The van der Waals surface area contributed by atoms with E-state index in [-0.39, 0.29) is 5.91 Å². The van der Waals surface area contributed by atoms with Crippen molar-refractivity contribution >= 4 is 35.1 Å². The van der Waals surface area contributed by atoms with Crippen molar-refractivity contribution < 1.29 is 4.79 Å². The first-order chi connectivity index (χ1) is 11.3. The van der Waals surface area contributed by atoms with Gasteiger partial charge in [0.1, 0.15) is 12.7 Å². The molecule has 122 valence electrons. The van der Waals surface area contributed by atoms with E-state index >= 15 is 0 Å². The fraction of sp³-hybridized carbons (Fsp3) is 0.438. The smallest absolute Gasteiger partial charge is 0.224 e. The van der Waals surface area contributed by atoms with E-state index in [0.717, 1.165) is 12.1 Å². The number of rotatable bonds is 6. The van der Waals surface area contributed by atoms with E-state index in [1.54, 1.807) is 11.0 Å². The summed E-state index contributed by atoms with van der Waals surface area (Å²) in [6.45, 7) is 0.711. The van der Waals surface area contributed by atoms with Crippen LogP contribution in [-0.4, -0.2) is 32.2 Å². The summed E-state index contributed by atoms with van der Waals surface area (Å²) < 4.78 is 2.23. The molecule has 1 fully saturated rings. The van der Waals surface area contributed by atoms with Crippen LogP contribution in [0.4, 0.5) is 5.69 Å². The summed E-state index contributed by atoms with van der Waals surface area (Å²) in [7, 11) is 0. The molecule has 0 spiro atoms. The Hall–Kier alpha value is -1.47. The number of aromatic nitrogens is 3. The predicted octanol–water partition coefficient (Wildman–Crippen LogP) is 3.57. The molecule has 1 aliphatic rings. The molecule has 2 heterocycles. The Bertz CT molecular complexity index is 627. The lowest BCUT2D eigenvalue weighted by Crippen LogP contribution is -2.13. The number of hydrogen-bond donors (Lipinski definition) is 1.